The number of hydrogen-bond acceptors (Lipinski definition) is 11. The molecule has 6 heterocycles. The Labute approximate surface area is 395 Å². The van der Waals surface area contributed by atoms with Crippen LogP contribution in [0.4, 0.5) is 0 Å². The highest BCUT2D eigenvalue weighted by Gasteiger charge is 2.55. The zero-order valence-corrected chi connectivity index (χ0v) is 44.0. The molecule has 7 bridgehead atoms. The van der Waals surface area contributed by atoms with E-state index in [1.807, 2.05) is 6.08 Å². The normalized spacial score (nSPS) is 39.1. The van der Waals surface area contributed by atoms with Crippen molar-refractivity contribution in [3.63, 3.8) is 0 Å². The Morgan fingerprint density at radius 3 is 2.26 bits per heavy atom. The molecule has 15 atom stereocenters. The first-order valence-electron chi connectivity index (χ1n) is 26.2. The summed E-state index contributed by atoms with van der Waals surface area (Å²) in [6, 6.07) is 6.46. The molecule has 2 unspecified atom stereocenters. The van der Waals surface area contributed by atoms with Crippen molar-refractivity contribution < 1.29 is 51.9 Å². The van der Waals surface area contributed by atoms with E-state index in [0.717, 1.165) is 85.9 Å². The van der Waals surface area contributed by atoms with Gasteiger partial charge in [0.25, 0.3) is 0 Å². The third kappa shape index (κ3) is 13.2. The van der Waals surface area contributed by atoms with Crippen LogP contribution in [0.25, 0.3) is 0 Å². The average molecular weight is 947 g/mol. The molecular formula is C52H90O11Si2. The zero-order chi connectivity index (χ0) is 46.9. The van der Waals surface area contributed by atoms with Gasteiger partial charge in [-0.05, 0) is 111 Å². The minimum Gasteiger partial charge on any atom is -0.414 e. The lowest BCUT2D eigenvalue weighted by Gasteiger charge is -2.38. The Kier molecular flexibility index (Phi) is 19.8. The molecule has 0 aromatic heterocycles. The number of methoxy groups -OCH3 is 1. The molecule has 0 radical (unpaired) electrons. The van der Waals surface area contributed by atoms with Crippen LogP contribution >= 0.6 is 0 Å². The maximum atomic E-state index is 13.9. The van der Waals surface area contributed by atoms with Crippen LogP contribution in [0.2, 0.25) is 36.3 Å². The van der Waals surface area contributed by atoms with E-state index in [-0.39, 0.29) is 78.7 Å². The number of hydrogen-bond donors (Lipinski definition) is 1. The second-order valence-corrected chi connectivity index (χ2v) is 30.3. The van der Waals surface area contributed by atoms with Crippen LogP contribution in [0, 0.1) is 11.8 Å². The van der Waals surface area contributed by atoms with Crippen molar-refractivity contribution in [3.8, 4) is 0 Å². The first kappa shape index (κ1) is 53.3. The second kappa shape index (κ2) is 24.2. The van der Waals surface area contributed by atoms with Crippen molar-refractivity contribution in [2.24, 2.45) is 11.8 Å². The quantitative estimate of drug-likeness (QED) is 0.132. The summed E-state index contributed by atoms with van der Waals surface area (Å²) in [5.74, 6) is -0.726. The Morgan fingerprint density at radius 2 is 1.57 bits per heavy atom. The fourth-order valence-electron chi connectivity index (χ4n) is 12.2. The first-order valence-corrected chi connectivity index (χ1v) is 31.2. The molecule has 5 saturated heterocycles. The highest BCUT2D eigenvalue weighted by atomic mass is 28.4. The maximum absolute atomic E-state index is 13.9. The molecule has 6 rings (SSSR count). The summed E-state index contributed by atoms with van der Waals surface area (Å²) in [5, 5.41) is 11.5. The van der Waals surface area contributed by atoms with Gasteiger partial charge in [-0.2, -0.15) is 0 Å². The van der Waals surface area contributed by atoms with Crippen molar-refractivity contribution in [1.29, 1.82) is 0 Å². The fourth-order valence-corrected chi connectivity index (χ4v) is 17.8. The highest BCUT2D eigenvalue weighted by Crippen LogP contribution is 2.46. The molecule has 11 nitrogen and oxygen atoms in total. The molecule has 0 spiro atoms. The van der Waals surface area contributed by atoms with Crippen LogP contribution in [-0.2, 0) is 46.8 Å². The van der Waals surface area contributed by atoms with Crippen LogP contribution in [0.5, 0.6) is 0 Å². The van der Waals surface area contributed by atoms with E-state index in [1.165, 1.54) is 0 Å². The van der Waals surface area contributed by atoms with Gasteiger partial charge in [-0.15, -0.1) is 0 Å². The second-order valence-electron chi connectivity index (χ2n) is 20.8. The van der Waals surface area contributed by atoms with Gasteiger partial charge < -0.3 is 47.1 Å². The van der Waals surface area contributed by atoms with Gasteiger partial charge in [0.15, 0.2) is 28.2 Å². The summed E-state index contributed by atoms with van der Waals surface area (Å²) in [5.41, 5.74) is 2.22. The number of rotatable bonds is 14. The van der Waals surface area contributed by atoms with Crippen molar-refractivity contribution in [3.05, 3.63) is 36.5 Å². The minimum absolute atomic E-state index is 0.00418. The standard InChI is InChI=1S/C52H90O11Si2/c1-12-64(13-2,14-3)57-34-42-31-48-51-44(54)33-52(61-42,62-51)25-24-41-28-36(8)45(58-41)23-22-40-27-35(7)38(10)46(59-40)32-47-43(30-39(53)21-19-18-20-26-56-48)50(55-11)49(60-47)29-37(9)63-65(15-4,16-5)17-6/h19,21,35,37,40-51,54H,8,10,12-18,20,22-34H2,1-7,9,11H3/b21-19+/t35-,37-,40+,41?,42-,43+,44-,45+,46-,47+,48-,49-,50-,51?,52-/m1/s1. The molecule has 13 heteroatoms. The molecule has 0 aromatic carbocycles. The van der Waals surface area contributed by atoms with E-state index in [4.69, 9.17) is 42.0 Å². The summed E-state index contributed by atoms with van der Waals surface area (Å²) in [7, 11) is -1.96. The molecular weight excluding hydrogens is 857 g/mol. The van der Waals surface area contributed by atoms with Crippen LogP contribution in [-0.4, -0.2) is 127 Å². The van der Waals surface area contributed by atoms with Crippen molar-refractivity contribution >= 4 is 22.4 Å². The molecule has 1 N–H and O–H groups in total. The number of aliphatic hydroxyl groups excluding tert-OH is 1. The average Bonchev–Trinajstić information content (AvgIpc) is 3.89. The minimum atomic E-state index is -1.88. The number of fused-ring (bicyclic) bond motifs is 5. The summed E-state index contributed by atoms with van der Waals surface area (Å²) in [4.78, 5) is 13.9. The summed E-state index contributed by atoms with van der Waals surface area (Å²) >= 11 is 0. The van der Waals surface area contributed by atoms with Gasteiger partial charge in [-0.3, -0.25) is 4.79 Å². The van der Waals surface area contributed by atoms with Crippen molar-refractivity contribution in [2.45, 2.75) is 254 Å². The van der Waals surface area contributed by atoms with Crippen LogP contribution in [0.1, 0.15) is 139 Å². The number of ether oxygens (including phenoxy) is 7. The van der Waals surface area contributed by atoms with Gasteiger partial charge in [-0.1, -0.05) is 67.7 Å². The van der Waals surface area contributed by atoms with Crippen LogP contribution in [0.3, 0.4) is 0 Å². The molecule has 0 amide bonds. The zero-order valence-electron chi connectivity index (χ0n) is 42.0. The molecule has 0 saturated carbocycles. The van der Waals surface area contributed by atoms with Gasteiger partial charge in [0.2, 0.25) is 0 Å². The lowest BCUT2D eigenvalue weighted by Crippen LogP contribution is -2.44. The predicted molar refractivity (Wildman–Crippen MR) is 261 cm³/mol. The Bertz CT molecular complexity index is 1550. The Balaban J connectivity index is 1.22. The third-order valence-corrected chi connectivity index (χ3v) is 26.2. The summed E-state index contributed by atoms with van der Waals surface area (Å²) < 4.78 is 61.0. The molecule has 372 valence electrons. The largest absolute Gasteiger partial charge is 0.414 e. The van der Waals surface area contributed by atoms with E-state index in [9.17, 15) is 9.90 Å². The van der Waals surface area contributed by atoms with E-state index < -0.39 is 34.6 Å². The van der Waals surface area contributed by atoms with Crippen molar-refractivity contribution in [2.75, 3.05) is 20.3 Å². The third-order valence-electron chi connectivity index (χ3n) is 16.8. The van der Waals surface area contributed by atoms with Gasteiger partial charge in [-0.25, -0.2) is 0 Å². The number of aliphatic hydroxyl groups is 1. The van der Waals surface area contributed by atoms with Gasteiger partial charge >= 0.3 is 0 Å². The fraction of sp³-hybridized carbons (Fsp3) is 0.865. The van der Waals surface area contributed by atoms with Gasteiger partial charge in [0, 0.05) is 64.3 Å². The van der Waals surface area contributed by atoms with Gasteiger partial charge in [0.05, 0.1) is 67.6 Å². The highest BCUT2D eigenvalue weighted by molar-refractivity contribution is 6.74. The maximum Gasteiger partial charge on any atom is 0.192 e. The van der Waals surface area contributed by atoms with E-state index >= 15 is 0 Å². The summed E-state index contributed by atoms with van der Waals surface area (Å²) in [6.45, 7) is 28.0. The summed E-state index contributed by atoms with van der Waals surface area (Å²) in [6.07, 6.45) is 9.88. The van der Waals surface area contributed by atoms with Crippen LogP contribution < -0.4 is 0 Å². The molecule has 0 aliphatic carbocycles. The monoisotopic (exact) mass is 947 g/mol. The smallest absolute Gasteiger partial charge is 0.192 e. The van der Waals surface area contributed by atoms with Crippen molar-refractivity contribution in [1.82, 2.24) is 0 Å². The molecule has 6 aliphatic rings. The Morgan fingerprint density at radius 1 is 0.862 bits per heavy atom. The number of ketones is 1. The predicted octanol–water partition coefficient (Wildman–Crippen LogP) is 10.6. The lowest BCUT2D eigenvalue weighted by atomic mass is 9.82. The van der Waals surface area contributed by atoms with Gasteiger partial charge in [0.1, 0.15) is 6.10 Å². The number of allylic oxidation sites excluding steroid dienone is 2. The van der Waals surface area contributed by atoms with Crippen LogP contribution in [0.15, 0.2) is 36.5 Å². The number of carbonyl (C=O) groups excluding carboxylic acids is 1. The van der Waals surface area contributed by atoms with E-state index in [0.29, 0.717) is 58.2 Å². The number of carbonyl (C=O) groups is 1. The first-order chi connectivity index (χ1) is 31.2. The SMILES string of the molecule is C=C1CC2CC[C@]34C[C@@H](O)C(O3)[C@@H](C[C@H](CO[Si](CC)(CC)CC)O4)OCCC/C=C/C(=O)C[C@@H]3[C@@H](OC)[C@@H](C[C@@H](C)O[Si](CC)(CC)CC)O[C@H]3C[C@H]3O[C@@H](CC[C@@H]1O2)C[C@@H](C)C3=C. The lowest BCUT2D eigenvalue weighted by molar-refractivity contribution is -0.247. The molecule has 6 aliphatic heterocycles. The molecule has 0 aromatic rings. The molecule has 5 fully saturated rings. The van der Waals surface area contributed by atoms with E-state index in [1.54, 1.807) is 13.2 Å². The van der Waals surface area contributed by atoms with E-state index in [2.05, 4.69) is 68.5 Å². The topological polar surface area (TPSA) is 120 Å². The Hall–Kier alpha value is -1.08. The molecule has 65 heavy (non-hydrogen) atoms.